The monoisotopic (exact) mass is 269 g/mol. The Kier molecular flexibility index (Phi) is 3.67. The molecule has 0 amide bonds. The van der Waals surface area contributed by atoms with Crippen LogP contribution in [0, 0.1) is 0 Å². The van der Waals surface area contributed by atoms with Crippen LogP contribution in [0.5, 0.6) is 0 Å². The van der Waals surface area contributed by atoms with Crippen LogP contribution >= 0.6 is 0 Å². The number of anilines is 4. The highest BCUT2D eigenvalue weighted by Gasteiger charge is 2.11. The van der Waals surface area contributed by atoms with Gasteiger partial charge < -0.3 is 15.5 Å². The smallest absolute Gasteiger partial charge is 0.224 e. The van der Waals surface area contributed by atoms with E-state index in [4.69, 9.17) is 0 Å². The van der Waals surface area contributed by atoms with E-state index in [1.54, 1.807) is 6.20 Å². The van der Waals surface area contributed by atoms with Crippen LogP contribution in [0.15, 0.2) is 36.5 Å². The SMILES string of the molecule is CNc1nccc(Nc2ccc(N3CCCC3)cc2)n1. The molecule has 1 aromatic carbocycles. The number of rotatable bonds is 4. The summed E-state index contributed by atoms with van der Waals surface area (Å²) >= 11 is 0. The first-order valence-corrected chi connectivity index (χ1v) is 6.98. The van der Waals surface area contributed by atoms with Crippen molar-refractivity contribution in [2.75, 3.05) is 35.7 Å². The van der Waals surface area contributed by atoms with Gasteiger partial charge in [-0.05, 0) is 43.2 Å². The highest BCUT2D eigenvalue weighted by molar-refractivity contribution is 5.61. The van der Waals surface area contributed by atoms with E-state index in [-0.39, 0.29) is 0 Å². The molecule has 5 heteroatoms. The molecule has 3 rings (SSSR count). The zero-order valence-corrected chi connectivity index (χ0v) is 11.6. The van der Waals surface area contributed by atoms with Crippen molar-refractivity contribution in [1.82, 2.24) is 9.97 Å². The predicted octanol–water partition coefficient (Wildman–Crippen LogP) is 2.86. The lowest BCUT2D eigenvalue weighted by atomic mass is 10.2. The minimum atomic E-state index is 0.615. The van der Waals surface area contributed by atoms with E-state index in [0.717, 1.165) is 11.5 Å². The molecule has 2 heterocycles. The van der Waals surface area contributed by atoms with Crippen LogP contribution in [0.1, 0.15) is 12.8 Å². The van der Waals surface area contributed by atoms with E-state index in [1.807, 2.05) is 13.1 Å². The summed E-state index contributed by atoms with van der Waals surface area (Å²) in [6.45, 7) is 2.34. The van der Waals surface area contributed by atoms with Gasteiger partial charge in [-0.1, -0.05) is 0 Å². The standard InChI is InChI=1S/C15H19N5/c1-16-15-17-9-8-14(19-15)18-12-4-6-13(7-5-12)20-10-2-3-11-20/h4-9H,2-3,10-11H2,1H3,(H2,16,17,18,19). The average molecular weight is 269 g/mol. The maximum absolute atomic E-state index is 4.34. The van der Waals surface area contributed by atoms with Gasteiger partial charge in [-0.3, -0.25) is 0 Å². The number of hydrogen-bond donors (Lipinski definition) is 2. The van der Waals surface area contributed by atoms with Crippen LogP contribution in [-0.4, -0.2) is 30.1 Å². The Labute approximate surface area is 119 Å². The fraction of sp³-hybridized carbons (Fsp3) is 0.333. The largest absolute Gasteiger partial charge is 0.372 e. The summed E-state index contributed by atoms with van der Waals surface area (Å²) in [5.74, 6) is 1.40. The Bertz CT molecular complexity index is 561. The van der Waals surface area contributed by atoms with Gasteiger partial charge in [0.15, 0.2) is 0 Å². The van der Waals surface area contributed by atoms with Crippen molar-refractivity contribution in [3.05, 3.63) is 36.5 Å². The number of nitrogens with one attached hydrogen (secondary N) is 2. The second-order valence-corrected chi connectivity index (χ2v) is 4.88. The Hall–Kier alpha value is -2.30. The molecule has 1 saturated heterocycles. The van der Waals surface area contributed by atoms with Crippen molar-refractivity contribution in [3.63, 3.8) is 0 Å². The van der Waals surface area contributed by atoms with Gasteiger partial charge in [0, 0.05) is 37.7 Å². The van der Waals surface area contributed by atoms with E-state index in [2.05, 4.69) is 49.8 Å². The van der Waals surface area contributed by atoms with Crippen LogP contribution < -0.4 is 15.5 Å². The summed E-state index contributed by atoms with van der Waals surface area (Å²) in [6, 6.07) is 10.4. The first-order valence-electron chi connectivity index (χ1n) is 6.98. The molecule has 2 aromatic rings. The Balaban J connectivity index is 1.71. The molecule has 0 spiro atoms. The van der Waals surface area contributed by atoms with Gasteiger partial charge >= 0.3 is 0 Å². The molecule has 1 aliphatic rings. The van der Waals surface area contributed by atoms with Crippen molar-refractivity contribution in [2.24, 2.45) is 0 Å². The summed E-state index contributed by atoms with van der Waals surface area (Å²) in [7, 11) is 1.81. The van der Waals surface area contributed by atoms with Gasteiger partial charge in [0.1, 0.15) is 5.82 Å². The lowest BCUT2D eigenvalue weighted by molar-refractivity contribution is 0.949. The highest BCUT2D eigenvalue weighted by atomic mass is 15.1. The van der Waals surface area contributed by atoms with Gasteiger partial charge in [-0.2, -0.15) is 4.98 Å². The predicted molar refractivity (Wildman–Crippen MR) is 82.8 cm³/mol. The third-order valence-electron chi connectivity index (χ3n) is 3.49. The van der Waals surface area contributed by atoms with Gasteiger partial charge in [0.25, 0.3) is 0 Å². The minimum absolute atomic E-state index is 0.615. The molecule has 5 nitrogen and oxygen atoms in total. The van der Waals surface area contributed by atoms with Crippen molar-refractivity contribution < 1.29 is 0 Å². The molecular weight excluding hydrogens is 250 g/mol. The lowest BCUT2D eigenvalue weighted by Gasteiger charge is -2.17. The number of hydrogen-bond acceptors (Lipinski definition) is 5. The van der Waals surface area contributed by atoms with Crippen LogP contribution in [-0.2, 0) is 0 Å². The molecule has 1 aromatic heterocycles. The third-order valence-corrected chi connectivity index (χ3v) is 3.49. The van der Waals surface area contributed by atoms with Crippen molar-refractivity contribution in [3.8, 4) is 0 Å². The van der Waals surface area contributed by atoms with Gasteiger partial charge in [0.05, 0.1) is 0 Å². The molecule has 0 atom stereocenters. The Morgan fingerprint density at radius 3 is 2.50 bits per heavy atom. The van der Waals surface area contributed by atoms with Crippen molar-refractivity contribution >= 4 is 23.1 Å². The lowest BCUT2D eigenvalue weighted by Crippen LogP contribution is -2.17. The Morgan fingerprint density at radius 2 is 1.80 bits per heavy atom. The second kappa shape index (κ2) is 5.77. The summed E-state index contributed by atoms with van der Waals surface area (Å²) in [6.07, 6.45) is 4.33. The summed E-state index contributed by atoms with van der Waals surface area (Å²) in [4.78, 5) is 10.9. The van der Waals surface area contributed by atoms with E-state index in [0.29, 0.717) is 5.95 Å². The van der Waals surface area contributed by atoms with Gasteiger partial charge in [0.2, 0.25) is 5.95 Å². The third kappa shape index (κ3) is 2.82. The zero-order valence-electron chi connectivity index (χ0n) is 11.6. The van der Waals surface area contributed by atoms with Crippen LogP contribution in [0.4, 0.5) is 23.1 Å². The number of benzene rings is 1. The Morgan fingerprint density at radius 1 is 1.05 bits per heavy atom. The molecule has 0 bridgehead atoms. The number of nitrogens with zero attached hydrogens (tertiary/aromatic N) is 3. The van der Waals surface area contributed by atoms with Crippen molar-refractivity contribution in [1.29, 1.82) is 0 Å². The van der Waals surface area contributed by atoms with Gasteiger partial charge in [-0.25, -0.2) is 4.98 Å². The maximum Gasteiger partial charge on any atom is 0.224 e. The molecule has 0 aliphatic carbocycles. The fourth-order valence-corrected chi connectivity index (χ4v) is 2.43. The van der Waals surface area contributed by atoms with E-state index in [9.17, 15) is 0 Å². The van der Waals surface area contributed by atoms with Gasteiger partial charge in [-0.15, -0.1) is 0 Å². The minimum Gasteiger partial charge on any atom is -0.372 e. The molecule has 2 N–H and O–H groups in total. The van der Waals surface area contributed by atoms with E-state index < -0.39 is 0 Å². The molecule has 0 saturated carbocycles. The second-order valence-electron chi connectivity index (χ2n) is 4.88. The van der Waals surface area contributed by atoms with Crippen LogP contribution in [0.3, 0.4) is 0 Å². The maximum atomic E-state index is 4.34. The summed E-state index contributed by atoms with van der Waals surface area (Å²) in [5, 5.41) is 6.22. The highest BCUT2D eigenvalue weighted by Crippen LogP contribution is 2.23. The molecule has 20 heavy (non-hydrogen) atoms. The first kappa shape index (κ1) is 12.7. The zero-order chi connectivity index (χ0) is 13.8. The molecule has 0 radical (unpaired) electrons. The molecule has 0 unspecified atom stereocenters. The van der Waals surface area contributed by atoms with Crippen molar-refractivity contribution in [2.45, 2.75) is 12.8 Å². The summed E-state index contributed by atoms with van der Waals surface area (Å²) < 4.78 is 0. The normalized spacial score (nSPS) is 14.3. The van der Waals surface area contributed by atoms with Crippen LogP contribution in [0.25, 0.3) is 0 Å². The molecule has 1 fully saturated rings. The quantitative estimate of drug-likeness (QED) is 0.894. The summed E-state index contributed by atoms with van der Waals surface area (Å²) in [5.41, 5.74) is 2.33. The topological polar surface area (TPSA) is 53.1 Å². The fourth-order valence-electron chi connectivity index (χ4n) is 2.43. The number of aromatic nitrogens is 2. The van der Waals surface area contributed by atoms with E-state index >= 15 is 0 Å². The molecule has 104 valence electrons. The molecule has 1 aliphatic heterocycles. The van der Waals surface area contributed by atoms with E-state index in [1.165, 1.54) is 31.6 Å². The van der Waals surface area contributed by atoms with Crippen LogP contribution in [0.2, 0.25) is 0 Å². The first-order chi connectivity index (χ1) is 9.85. The molecular formula is C15H19N5. The average Bonchev–Trinajstić information content (AvgIpc) is 3.02.